The van der Waals surface area contributed by atoms with Gasteiger partial charge in [-0.2, -0.15) is 0 Å². The van der Waals surface area contributed by atoms with Crippen molar-refractivity contribution in [3.63, 3.8) is 0 Å². The van der Waals surface area contributed by atoms with Crippen LogP contribution in [0.15, 0.2) is 18.2 Å². The van der Waals surface area contributed by atoms with Crippen molar-refractivity contribution < 1.29 is 14.3 Å². The average Bonchev–Trinajstić information content (AvgIpc) is 2.38. The topological polar surface area (TPSA) is 67.4 Å². The zero-order valence-electron chi connectivity index (χ0n) is 11.7. The number of nitrogens with one attached hydrogen (secondary N) is 2. The van der Waals surface area contributed by atoms with Crippen LogP contribution in [0, 0.1) is 0 Å². The second kappa shape index (κ2) is 8.55. The first kappa shape index (κ1) is 16.5. The highest BCUT2D eigenvalue weighted by Gasteiger charge is 2.06. The summed E-state index contributed by atoms with van der Waals surface area (Å²) < 4.78 is 5.17. The van der Waals surface area contributed by atoms with Crippen LogP contribution in [0.4, 0.5) is 11.4 Å². The van der Waals surface area contributed by atoms with Crippen LogP contribution < -0.4 is 10.6 Å². The zero-order valence-corrected chi connectivity index (χ0v) is 12.4. The standard InChI is InChI=1S/C14H19ClN2O3/c1-3-20-8-4-5-14(19)17-11-6-7-12(15)13(9-11)16-10(2)18/h6-7,9H,3-5,8H2,1-2H3,(H,16,18)(H,17,19). The van der Waals surface area contributed by atoms with Crippen LogP contribution in [-0.4, -0.2) is 25.0 Å². The Kier molecular flexibility index (Phi) is 7.04. The minimum absolute atomic E-state index is 0.0965. The summed E-state index contributed by atoms with van der Waals surface area (Å²) in [6.07, 6.45) is 1.06. The number of anilines is 2. The molecule has 0 aliphatic heterocycles. The van der Waals surface area contributed by atoms with Gasteiger partial charge in [-0.15, -0.1) is 0 Å². The highest BCUT2D eigenvalue weighted by atomic mass is 35.5. The van der Waals surface area contributed by atoms with E-state index < -0.39 is 0 Å². The normalized spacial score (nSPS) is 10.2. The Morgan fingerprint density at radius 1 is 1.30 bits per heavy atom. The number of benzene rings is 1. The molecule has 0 fully saturated rings. The van der Waals surface area contributed by atoms with E-state index in [1.165, 1.54) is 6.92 Å². The van der Waals surface area contributed by atoms with Gasteiger partial charge < -0.3 is 15.4 Å². The largest absolute Gasteiger partial charge is 0.382 e. The molecule has 0 saturated carbocycles. The van der Waals surface area contributed by atoms with E-state index in [-0.39, 0.29) is 11.8 Å². The van der Waals surface area contributed by atoms with E-state index in [4.69, 9.17) is 16.3 Å². The molecule has 2 amide bonds. The molecule has 0 spiro atoms. The predicted octanol–water partition coefficient (Wildman–Crippen LogP) is 3.05. The van der Waals surface area contributed by atoms with Crippen LogP contribution >= 0.6 is 11.6 Å². The Bertz CT molecular complexity index is 477. The summed E-state index contributed by atoms with van der Waals surface area (Å²) in [5.74, 6) is -0.312. The third-order valence-electron chi connectivity index (χ3n) is 2.46. The average molecular weight is 299 g/mol. The van der Waals surface area contributed by atoms with Gasteiger partial charge in [-0.05, 0) is 31.5 Å². The van der Waals surface area contributed by atoms with Crippen molar-refractivity contribution in [1.29, 1.82) is 0 Å². The lowest BCUT2D eigenvalue weighted by atomic mass is 10.2. The van der Waals surface area contributed by atoms with Gasteiger partial charge in [0.2, 0.25) is 11.8 Å². The number of hydrogen-bond donors (Lipinski definition) is 2. The summed E-state index contributed by atoms with van der Waals surface area (Å²) >= 11 is 5.95. The smallest absolute Gasteiger partial charge is 0.224 e. The molecule has 1 aromatic carbocycles. The summed E-state index contributed by atoms with van der Waals surface area (Å²) in [6, 6.07) is 4.95. The highest BCUT2D eigenvalue weighted by molar-refractivity contribution is 6.33. The Labute approximate surface area is 123 Å². The van der Waals surface area contributed by atoms with Crippen LogP contribution in [0.2, 0.25) is 5.02 Å². The minimum Gasteiger partial charge on any atom is -0.382 e. The van der Waals surface area contributed by atoms with Gasteiger partial charge in [0.25, 0.3) is 0 Å². The number of rotatable bonds is 7. The van der Waals surface area contributed by atoms with Crippen molar-refractivity contribution >= 4 is 34.8 Å². The summed E-state index contributed by atoms with van der Waals surface area (Å²) in [5.41, 5.74) is 1.07. The summed E-state index contributed by atoms with van der Waals surface area (Å²) in [6.45, 7) is 4.53. The van der Waals surface area contributed by atoms with Gasteiger partial charge in [-0.1, -0.05) is 11.6 Å². The number of carbonyl (C=O) groups is 2. The quantitative estimate of drug-likeness (QED) is 0.760. The molecule has 0 saturated heterocycles. The molecule has 0 aromatic heterocycles. The molecular formula is C14H19ClN2O3. The highest BCUT2D eigenvalue weighted by Crippen LogP contribution is 2.25. The Morgan fingerprint density at radius 3 is 2.70 bits per heavy atom. The molecular weight excluding hydrogens is 280 g/mol. The van der Waals surface area contributed by atoms with Crippen LogP contribution in [0.5, 0.6) is 0 Å². The fraction of sp³-hybridized carbons (Fsp3) is 0.429. The Balaban J connectivity index is 2.54. The molecule has 2 N–H and O–H groups in total. The van der Waals surface area contributed by atoms with E-state index >= 15 is 0 Å². The van der Waals surface area contributed by atoms with Gasteiger partial charge in [-0.3, -0.25) is 9.59 Å². The van der Waals surface area contributed by atoms with Crippen molar-refractivity contribution in [3.05, 3.63) is 23.2 Å². The van der Waals surface area contributed by atoms with Gasteiger partial charge in [-0.25, -0.2) is 0 Å². The maximum atomic E-state index is 11.7. The summed E-state index contributed by atoms with van der Waals surface area (Å²) in [7, 11) is 0. The maximum Gasteiger partial charge on any atom is 0.224 e. The third-order valence-corrected chi connectivity index (χ3v) is 2.79. The van der Waals surface area contributed by atoms with Crippen molar-refractivity contribution in [1.82, 2.24) is 0 Å². The maximum absolute atomic E-state index is 11.7. The van der Waals surface area contributed by atoms with E-state index in [1.807, 2.05) is 6.92 Å². The van der Waals surface area contributed by atoms with Crippen LogP contribution in [0.3, 0.4) is 0 Å². The fourth-order valence-corrected chi connectivity index (χ4v) is 1.76. The van der Waals surface area contributed by atoms with Crippen molar-refractivity contribution in [2.24, 2.45) is 0 Å². The molecule has 1 rings (SSSR count). The second-order valence-corrected chi connectivity index (χ2v) is 4.63. The SMILES string of the molecule is CCOCCCC(=O)Nc1ccc(Cl)c(NC(C)=O)c1. The van der Waals surface area contributed by atoms with E-state index in [9.17, 15) is 9.59 Å². The Hall–Kier alpha value is -1.59. The van der Waals surface area contributed by atoms with Crippen molar-refractivity contribution in [2.75, 3.05) is 23.8 Å². The van der Waals surface area contributed by atoms with Crippen LogP contribution in [-0.2, 0) is 14.3 Å². The lowest BCUT2D eigenvalue weighted by Gasteiger charge is -2.09. The summed E-state index contributed by atoms with van der Waals surface area (Å²) in [4.78, 5) is 22.7. The van der Waals surface area contributed by atoms with Crippen molar-refractivity contribution in [2.45, 2.75) is 26.7 Å². The molecule has 0 atom stereocenters. The van der Waals surface area contributed by atoms with E-state index in [2.05, 4.69) is 10.6 Å². The number of ether oxygens (including phenoxy) is 1. The molecule has 0 bridgehead atoms. The lowest BCUT2D eigenvalue weighted by molar-refractivity contribution is -0.116. The zero-order chi connectivity index (χ0) is 15.0. The van der Waals surface area contributed by atoms with Gasteiger partial charge in [0.05, 0.1) is 10.7 Å². The first-order valence-electron chi connectivity index (χ1n) is 6.47. The third kappa shape index (κ3) is 6.04. The molecule has 0 radical (unpaired) electrons. The van der Waals surface area contributed by atoms with E-state index in [0.29, 0.717) is 42.5 Å². The number of halogens is 1. The molecule has 0 unspecified atom stereocenters. The predicted molar refractivity (Wildman–Crippen MR) is 80.1 cm³/mol. The van der Waals surface area contributed by atoms with Gasteiger partial charge in [0.15, 0.2) is 0 Å². The van der Waals surface area contributed by atoms with Gasteiger partial charge >= 0.3 is 0 Å². The second-order valence-electron chi connectivity index (χ2n) is 4.22. The molecule has 20 heavy (non-hydrogen) atoms. The van der Waals surface area contributed by atoms with Gasteiger partial charge in [0.1, 0.15) is 0 Å². The Morgan fingerprint density at radius 2 is 2.05 bits per heavy atom. The molecule has 0 aliphatic rings. The molecule has 0 heterocycles. The first-order valence-corrected chi connectivity index (χ1v) is 6.85. The molecule has 0 aliphatic carbocycles. The van der Waals surface area contributed by atoms with Crippen molar-refractivity contribution in [3.8, 4) is 0 Å². The van der Waals surface area contributed by atoms with Crippen LogP contribution in [0.25, 0.3) is 0 Å². The molecule has 6 heteroatoms. The fourth-order valence-electron chi connectivity index (χ4n) is 1.59. The number of carbonyl (C=O) groups excluding carboxylic acids is 2. The first-order chi connectivity index (χ1) is 9.52. The number of amides is 2. The molecule has 5 nitrogen and oxygen atoms in total. The summed E-state index contributed by atoms with van der Waals surface area (Å²) in [5, 5.41) is 5.79. The lowest BCUT2D eigenvalue weighted by Crippen LogP contribution is -2.13. The molecule has 1 aromatic rings. The van der Waals surface area contributed by atoms with Crippen LogP contribution in [0.1, 0.15) is 26.7 Å². The minimum atomic E-state index is -0.216. The monoisotopic (exact) mass is 298 g/mol. The molecule has 110 valence electrons. The van der Waals surface area contributed by atoms with E-state index in [1.54, 1.807) is 18.2 Å². The van der Waals surface area contributed by atoms with Gasteiger partial charge in [0, 0.05) is 32.2 Å². The number of hydrogen-bond acceptors (Lipinski definition) is 3. The van der Waals surface area contributed by atoms with E-state index in [0.717, 1.165) is 0 Å².